The molecule has 2 atom stereocenters. The molecule has 6 aliphatic rings. The summed E-state index contributed by atoms with van der Waals surface area (Å²) >= 11 is 5.42. The highest BCUT2D eigenvalue weighted by atomic mass is 32.2. The molecule has 6 fully saturated rings. The van der Waals surface area contributed by atoms with Crippen molar-refractivity contribution < 1.29 is 24.0 Å². The molecule has 0 aliphatic carbocycles. The summed E-state index contributed by atoms with van der Waals surface area (Å²) in [5, 5.41) is 68.1. The van der Waals surface area contributed by atoms with E-state index in [1.54, 1.807) is 124 Å². The molecule has 10 aromatic rings. The van der Waals surface area contributed by atoms with Gasteiger partial charge in [0.1, 0.15) is 54.3 Å². The first-order chi connectivity index (χ1) is 68.5. The van der Waals surface area contributed by atoms with Crippen molar-refractivity contribution in [3.63, 3.8) is 0 Å². The number of carbonyl (C=O) groups is 5. The molecule has 16 rings (SSSR count). The van der Waals surface area contributed by atoms with E-state index in [2.05, 4.69) is 117 Å². The molecule has 6 aliphatic heterocycles. The lowest BCUT2D eigenvalue weighted by Gasteiger charge is -2.28. The number of carbonyl (C=O) groups excluding carboxylic acids is 5. The van der Waals surface area contributed by atoms with E-state index in [0.717, 1.165) is 215 Å². The number of thioether (sulfide) groups is 5. The first-order valence-corrected chi connectivity index (χ1v) is 51.1. The van der Waals surface area contributed by atoms with Crippen LogP contribution < -0.4 is 112 Å². The summed E-state index contributed by atoms with van der Waals surface area (Å²) in [4.78, 5) is 166. The van der Waals surface area contributed by atoms with Gasteiger partial charge >= 0.3 is 0 Å². The van der Waals surface area contributed by atoms with Crippen LogP contribution in [-0.4, -0.2) is 228 Å². The lowest BCUT2D eigenvalue weighted by Crippen LogP contribution is -2.44. The van der Waals surface area contributed by atoms with Gasteiger partial charge in [0.15, 0.2) is 25.8 Å². The Bertz CT molecular complexity index is 6250. The van der Waals surface area contributed by atoms with E-state index >= 15 is 0 Å². The van der Waals surface area contributed by atoms with E-state index in [0.29, 0.717) is 111 Å². The van der Waals surface area contributed by atoms with E-state index in [4.69, 9.17) is 44.2 Å². The number of rotatable bonds is 26. The summed E-state index contributed by atoms with van der Waals surface area (Å²) in [6, 6.07) is 41.4. The van der Waals surface area contributed by atoms with Gasteiger partial charge in [0, 0.05) is 171 Å². The van der Waals surface area contributed by atoms with Gasteiger partial charge in [0.05, 0.1) is 25.2 Å². The summed E-state index contributed by atoms with van der Waals surface area (Å²) in [7, 11) is 1.70. The van der Waals surface area contributed by atoms with Crippen LogP contribution >= 0.6 is 58.8 Å². The number of hydrogen-bond donors (Lipinski definition) is 21. The van der Waals surface area contributed by atoms with Gasteiger partial charge in [-0.15, -0.1) is 0 Å². The molecule has 5 aromatic carbocycles. The Morgan fingerprint density at radius 1 is 0.352 bits per heavy atom. The van der Waals surface area contributed by atoms with Crippen molar-refractivity contribution in [3.8, 4) is 0 Å². The van der Waals surface area contributed by atoms with Gasteiger partial charge in [-0.1, -0.05) is 60.7 Å². The molecular formula is C96H121N31O10S5. The molecule has 0 unspecified atom stereocenters. The standard InChI is InChI=1S/C22H28N6O2S.2C19H24N6O2S.C18H23N7O2S.C18H22N6O2S/c23-20(31-22-26-18(14-19(29)27-22)28-11-2-1-3-12-28)16-5-4-6-17(13-16)25-21(30)15-7-9-24-10-8-15;2*1-12(20)18(27)22-14-7-5-6-13(10-14)17(21)28-19-23-15(11-16(26)24-19)25-8-3-2-4-9-25;1-20-11-16(27)22-13-4-2-3-12(9-13)17(19)28-18-23-14(10-15(26)24-18)25-7-5-21-6-8-25;19-11-16(26)21-13-6-4-5-12(9-13)17(20)27-18-22-14(10-15(25)23-18)24-7-2-1-3-8-24/h4-6,13-15,23-24H,1-3,7-12H2,(H,25,30)(H,26,27,29);2*5-7,10-12,21H,2-4,8-9,20H2,1H3,(H,22,27)(H,23,24,26);2-4,9-10,19-21H,5-8,11H2,1H3,(H,22,27)(H,23,24,26);4-6,9-10,20H,1-3,7-8,11,19H2,(H,21,26)(H,22,23,25)/t;2*12-;;/m.10../s1. The Morgan fingerprint density at radius 3 is 0.859 bits per heavy atom. The molecular weight excluding hydrogens is 1910 g/mol. The molecule has 11 heterocycles. The topological polar surface area (TPSA) is 624 Å². The second-order valence-electron chi connectivity index (χ2n) is 33.9. The van der Waals surface area contributed by atoms with E-state index in [1.807, 2.05) is 18.2 Å². The molecule has 41 nitrogen and oxygen atoms in total. The number of H-pyrrole nitrogens is 5. The lowest BCUT2D eigenvalue weighted by atomic mass is 9.97. The summed E-state index contributed by atoms with van der Waals surface area (Å²) in [5.41, 5.74) is 21.4. The average Bonchev–Trinajstić information content (AvgIpc) is 0.841. The number of likely N-dealkylation sites (N-methyl/N-ethyl adjacent to an activating group) is 1. The maximum Gasteiger partial charge on any atom is 0.253 e. The molecule has 5 aromatic heterocycles. The smallest absolute Gasteiger partial charge is 0.253 e. The maximum atomic E-state index is 12.5. The molecule has 0 radical (unpaired) electrons. The third kappa shape index (κ3) is 34.3. The number of aromatic amines is 5. The van der Waals surface area contributed by atoms with E-state index in [1.165, 1.54) is 56.0 Å². The number of nitrogens with zero attached hydrogens (tertiary/aromatic N) is 10. The van der Waals surface area contributed by atoms with Crippen molar-refractivity contribution in [2.24, 2.45) is 23.1 Å². The molecule has 46 heteroatoms. The van der Waals surface area contributed by atoms with Crippen LogP contribution in [0.2, 0.25) is 0 Å². The lowest BCUT2D eigenvalue weighted by molar-refractivity contribution is -0.120. The fourth-order valence-electron chi connectivity index (χ4n) is 15.4. The Hall–Kier alpha value is -13.3. The monoisotopic (exact) mass is 2030 g/mol. The van der Waals surface area contributed by atoms with Crippen molar-refractivity contribution in [2.75, 3.05) is 163 Å². The summed E-state index contributed by atoms with van der Waals surface area (Å²) in [6.45, 7) is 15.4. The molecule has 750 valence electrons. The Kier molecular flexibility index (Phi) is 41.4. The van der Waals surface area contributed by atoms with Crippen LogP contribution in [-0.2, 0) is 24.0 Å². The Labute approximate surface area is 841 Å². The highest BCUT2D eigenvalue weighted by Gasteiger charge is 2.26. The van der Waals surface area contributed by atoms with Crippen LogP contribution in [0.3, 0.4) is 0 Å². The second-order valence-corrected chi connectivity index (χ2v) is 38.9. The number of anilines is 10. The number of nitrogens with two attached hydrogens (primary N) is 3. The van der Waals surface area contributed by atoms with Crippen LogP contribution in [0.1, 0.15) is 132 Å². The Balaban J connectivity index is 0.000000159. The fourth-order valence-corrected chi connectivity index (χ4v) is 19.1. The minimum absolute atomic E-state index is 0.0190. The highest BCUT2D eigenvalue weighted by Crippen LogP contribution is 2.32. The van der Waals surface area contributed by atoms with Gasteiger partial charge in [-0.05, 0) is 243 Å². The summed E-state index contributed by atoms with van der Waals surface area (Å²) in [5.74, 6) is 2.23. The summed E-state index contributed by atoms with van der Waals surface area (Å²) < 4.78 is 0. The second kappa shape index (κ2) is 54.6. The maximum absolute atomic E-state index is 12.5. The van der Waals surface area contributed by atoms with Crippen LogP contribution in [0.4, 0.5) is 57.5 Å². The van der Waals surface area contributed by atoms with E-state index < -0.39 is 12.1 Å². The third-order valence-corrected chi connectivity index (χ3v) is 26.9. The average molecular weight is 2030 g/mol. The van der Waals surface area contributed by atoms with Crippen LogP contribution in [0.5, 0.6) is 0 Å². The van der Waals surface area contributed by atoms with Crippen LogP contribution in [0, 0.1) is 33.0 Å². The molecule has 142 heavy (non-hydrogen) atoms. The minimum Gasteiger partial charge on any atom is -0.356 e. The number of piperazine rings is 1. The normalized spacial score (nSPS) is 15.2. The fraction of sp³-hybridized carbons (Fsp3) is 0.375. The Morgan fingerprint density at radius 2 is 0.599 bits per heavy atom. The van der Waals surface area contributed by atoms with Gasteiger partial charge in [0.25, 0.3) is 27.8 Å². The van der Waals surface area contributed by atoms with Crippen molar-refractivity contribution in [1.82, 2.24) is 65.8 Å². The van der Waals surface area contributed by atoms with Gasteiger partial charge in [-0.25, -0.2) is 24.9 Å². The first kappa shape index (κ1) is 108. The zero-order chi connectivity index (χ0) is 101. The predicted molar refractivity (Wildman–Crippen MR) is 568 cm³/mol. The van der Waals surface area contributed by atoms with Crippen molar-refractivity contribution >= 4 is 171 Å². The minimum atomic E-state index is -0.621. The van der Waals surface area contributed by atoms with Crippen molar-refractivity contribution in [1.29, 1.82) is 27.0 Å². The molecule has 0 spiro atoms. The van der Waals surface area contributed by atoms with Crippen LogP contribution in [0.25, 0.3) is 0 Å². The number of nitrogens with one attached hydrogen (secondary N) is 18. The number of amides is 5. The first-order valence-electron chi connectivity index (χ1n) is 47.0. The number of aromatic nitrogens is 10. The summed E-state index contributed by atoms with van der Waals surface area (Å²) in [6.07, 6.45) is 15.2. The molecule has 24 N–H and O–H groups in total. The van der Waals surface area contributed by atoms with Gasteiger partial charge < -0.3 is 109 Å². The zero-order valence-electron chi connectivity index (χ0n) is 79.2. The number of benzene rings is 5. The largest absolute Gasteiger partial charge is 0.356 e. The van der Waals surface area contributed by atoms with E-state index in [9.17, 15) is 47.9 Å². The predicted octanol–water partition coefficient (Wildman–Crippen LogP) is 9.37. The molecule has 0 bridgehead atoms. The van der Waals surface area contributed by atoms with Crippen molar-refractivity contribution in [2.45, 2.75) is 142 Å². The molecule has 5 amide bonds. The third-order valence-electron chi connectivity index (χ3n) is 22.7. The number of piperidine rings is 5. The molecule has 0 saturated carbocycles. The SMILES string of the molecule is CNCC(=O)Nc1cccc(C(=N)Sc2nc(N3CCNCC3)cc(=O)[nH]2)c1.C[C@@H](N)C(=O)Nc1cccc(C(=N)Sc2nc(N3CCCCC3)cc(=O)[nH]2)c1.C[C@H](N)C(=O)Nc1cccc(C(=N)Sc2nc(N3CCCCC3)cc(=O)[nH]2)c1.N=C(Sc1nc(N2CCCCC2)cc(=O)[nH]1)c1cccc(NC(=O)C2CCNCC2)c1.N=C(Sc1nc(N2CCCCC2)cc(=O)[nH]1)c1cccc(NC(=O)CN)c1. The highest BCUT2D eigenvalue weighted by molar-refractivity contribution is 8.15. The van der Waals surface area contributed by atoms with Gasteiger partial charge in [-0.2, -0.15) is 0 Å². The van der Waals surface area contributed by atoms with Gasteiger partial charge in [-0.3, -0.25) is 75.0 Å². The van der Waals surface area contributed by atoms with Gasteiger partial charge in [0.2, 0.25) is 29.5 Å². The van der Waals surface area contributed by atoms with Crippen molar-refractivity contribution in [3.05, 3.63) is 231 Å². The van der Waals surface area contributed by atoms with Crippen LogP contribution in [0.15, 0.2) is 201 Å². The number of hydrogen-bond acceptors (Lipinski definition) is 36. The quantitative estimate of drug-likeness (QED) is 0.0104. The molecule has 6 saturated heterocycles. The zero-order valence-corrected chi connectivity index (χ0v) is 83.3. The van der Waals surface area contributed by atoms with E-state index in [-0.39, 0.29) is 102 Å².